The van der Waals surface area contributed by atoms with Gasteiger partial charge in [-0.15, -0.1) is 6.42 Å². The summed E-state index contributed by atoms with van der Waals surface area (Å²) in [5, 5.41) is 8.92. The maximum atomic E-state index is 11.4. The van der Waals surface area contributed by atoms with Crippen molar-refractivity contribution >= 4 is 11.1 Å². The summed E-state index contributed by atoms with van der Waals surface area (Å²) in [7, 11) is 0. The summed E-state index contributed by atoms with van der Waals surface area (Å²) < 4.78 is 6.37. The Morgan fingerprint density at radius 3 is 3.00 bits per heavy atom. The Morgan fingerprint density at radius 2 is 2.33 bits per heavy atom. The van der Waals surface area contributed by atoms with Crippen LogP contribution in [0.15, 0.2) is 27.4 Å². The minimum atomic E-state index is -0.474. The highest BCUT2D eigenvalue weighted by Crippen LogP contribution is 2.14. The maximum absolute atomic E-state index is 11.4. The molecule has 1 N–H and O–H groups in total. The SMILES string of the molecule is C#CCn1c(=O)oc2cc(CO)ccc21. The Bertz CT molecular complexity index is 586. The molecule has 0 amide bonds. The van der Waals surface area contributed by atoms with Crippen LogP contribution in [0.3, 0.4) is 0 Å². The molecule has 0 spiro atoms. The highest BCUT2D eigenvalue weighted by Gasteiger charge is 2.08. The summed E-state index contributed by atoms with van der Waals surface area (Å²) in [5.41, 5.74) is 1.79. The van der Waals surface area contributed by atoms with Gasteiger partial charge in [-0.2, -0.15) is 0 Å². The molecule has 0 unspecified atom stereocenters. The summed E-state index contributed by atoms with van der Waals surface area (Å²) in [6.45, 7) is 0.101. The summed E-state index contributed by atoms with van der Waals surface area (Å²) in [6.07, 6.45) is 5.14. The van der Waals surface area contributed by atoms with Crippen LogP contribution in [-0.2, 0) is 13.2 Å². The lowest BCUT2D eigenvalue weighted by Gasteiger charge is -1.96. The molecular weight excluding hydrogens is 194 g/mol. The molecule has 0 fully saturated rings. The zero-order chi connectivity index (χ0) is 10.8. The minimum Gasteiger partial charge on any atom is -0.408 e. The van der Waals surface area contributed by atoms with Crippen molar-refractivity contribution in [3.05, 3.63) is 34.3 Å². The van der Waals surface area contributed by atoms with Crippen molar-refractivity contribution < 1.29 is 9.52 Å². The van der Waals surface area contributed by atoms with Crippen molar-refractivity contribution in [1.82, 2.24) is 4.57 Å². The van der Waals surface area contributed by atoms with Crippen LogP contribution in [0.2, 0.25) is 0 Å². The molecule has 0 saturated carbocycles. The molecule has 0 bridgehead atoms. The topological polar surface area (TPSA) is 55.4 Å². The van der Waals surface area contributed by atoms with E-state index in [0.717, 1.165) is 0 Å². The van der Waals surface area contributed by atoms with Crippen LogP contribution in [-0.4, -0.2) is 9.67 Å². The molecule has 0 aliphatic heterocycles. The molecule has 1 heterocycles. The van der Waals surface area contributed by atoms with Crippen LogP contribution in [0.25, 0.3) is 11.1 Å². The van der Waals surface area contributed by atoms with Crippen LogP contribution in [0.1, 0.15) is 5.56 Å². The van der Waals surface area contributed by atoms with Crippen molar-refractivity contribution in [1.29, 1.82) is 0 Å². The number of aromatic nitrogens is 1. The molecule has 76 valence electrons. The minimum absolute atomic E-state index is 0.0834. The van der Waals surface area contributed by atoms with Gasteiger partial charge >= 0.3 is 5.76 Å². The van der Waals surface area contributed by atoms with Gasteiger partial charge in [0.15, 0.2) is 5.58 Å². The van der Waals surface area contributed by atoms with Gasteiger partial charge in [-0.25, -0.2) is 4.79 Å². The van der Waals surface area contributed by atoms with Gasteiger partial charge in [0, 0.05) is 0 Å². The smallest absolute Gasteiger partial charge is 0.408 e. The Kier molecular flexibility index (Phi) is 2.32. The van der Waals surface area contributed by atoms with Crippen LogP contribution in [0.4, 0.5) is 0 Å². The number of terminal acetylenes is 1. The van der Waals surface area contributed by atoms with Crippen LogP contribution in [0, 0.1) is 12.3 Å². The van der Waals surface area contributed by atoms with E-state index in [1.807, 2.05) is 0 Å². The normalized spacial score (nSPS) is 10.4. The van der Waals surface area contributed by atoms with E-state index in [1.54, 1.807) is 18.2 Å². The van der Waals surface area contributed by atoms with E-state index in [4.69, 9.17) is 15.9 Å². The first-order valence-electron chi connectivity index (χ1n) is 4.43. The monoisotopic (exact) mass is 203 g/mol. The number of hydrogen-bond donors (Lipinski definition) is 1. The molecule has 0 radical (unpaired) electrons. The summed E-state index contributed by atoms with van der Waals surface area (Å²) in [4.78, 5) is 11.4. The van der Waals surface area contributed by atoms with Gasteiger partial charge in [-0.1, -0.05) is 12.0 Å². The first-order valence-corrected chi connectivity index (χ1v) is 4.43. The first kappa shape index (κ1) is 9.56. The molecule has 1 aromatic heterocycles. The Labute approximate surface area is 85.8 Å². The lowest BCUT2D eigenvalue weighted by Crippen LogP contribution is -2.12. The van der Waals surface area contributed by atoms with E-state index in [-0.39, 0.29) is 13.2 Å². The van der Waals surface area contributed by atoms with Crippen LogP contribution in [0.5, 0.6) is 0 Å². The molecule has 0 aliphatic rings. The number of fused-ring (bicyclic) bond motifs is 1. The van der Waals surface area contributed by atoms with Crippen LogP contribution >= 0.6 is 0 Å². The molecule has 1 aromatic carbocycles. The van der Waals surface area contributed by atoms with Gasteiger partial charge < -0.3 is 9.52 Å². The van der Waals surface area contributed by atoms with Crippen LogP contribution < -0.4 is 5.76 Å². The second kappa shape index (κ2) is 3.64. The average molecular weight is 203 g/mol. The summed E-state index contributed by atoms with van der Waals surface area (Å²) >= 11 is 0. The van der Waals surface area contributed by atoms with Gasteiger partial charge in [-0.3, -0.25) is 4.57 Å². The van der Waals surface area contributed by atoms with Crippen molar-refractivity contribution in [3.63, 3.8) is 0 Å². The zero-order valence-electron chi connectivity index (χ0n) is 7.93. The largest absolute Gasteiger partial charge is 0.420 e. The molecule has 2 rings (SSSR count). The first-order chi connectivity index (χ1) is 7.26. The lowest BCUT2D eigenvalue weighted by atomic mass is 10.2. The zero-order valence-corrected chi connectivity index (χ0v) is 7.93. The molecule has 0 aliphatic carbocycles. The fraction of sp³-hybridized carbons (Fsp3) is 0.182. The Morgan fingerprint density at radius 1 is 1.53 bits per heavy atom. The van der Waals surface area contributed by atoms with Gasteiger partial charge in [0.2, 0.25) is 0 Å². The van der Waals surface area contributed by atoms with Gasteiger partial charge in [0.1, 0.15) is 0 Å². The van der Waals surface area contributed by atoms with Crippen molar-refractivity contribution in [2.45, 2.75) is 13.2 Å². The Hall–Kier alpha value is -1.99. The molecule has 0 atom stereocenters. The fourth-order valence-corrected chi connectivity index (χ4v) is 1.45. The number of benzene rings is 1. The third-order valence-electron chi connectivity index (χ3n) is 2.16. The molecule has 15 heavy (non-hydrogen) atoms. The van der Waals surface area contributed by atoms with Crippen molar-refractivity contribution in [2.75, 3.05) is 0 Å². The molecule has 4 nitrogen and oxygen atoms in total. The number of aliphatic hydroxyl groups is 1. The second-order valence-corrected chi connectivity index (χ2v) is 3.12. The maximum Gasteiger partial charge on any atom is 0.420 e. The van der Waals surface area contributed by atoms with Gasteiger partial charge in [0.25, 0.3) is 0 Å². The van der Waals surface area contributed by atoms with Gasteiger partial charge in [-0.05, 0) is 17.7 Å². The number of aliphatic hydroxyl groups excluding tert-OH is 1. The highest BCUT2D eigenvalue weighted by atomic mass is 16.4. The predicted octanol–water partition coefficient (Wildman–Crippen LogP) is 0.720. The predicted molar refractivity (Wildman–Crippen MR) is 55.2 cm³/mol. The fourth-order valence-electron chi connectivity index (χ4n) is 1.45. The average Bonchev–Trinajstić information content (AvgIpc) is 2.55. The van der Waals surface area contributed by atoms with E-state index in [2.05, 4.69) is 5.92 Å². The number of oxazole rings is 1. The number of rotatable bonds is 2. The quantitative estimate of drug-likeness (QED) is 0.732. The van der Waals surface area contributed by atoms with Gasteiger partial charge in [0.05, 0.1) is 18.7 Å². The molecule has 2 aromatic rings. The van der Waals surface area contributed by atoms with E-state index in [0.29, 0.717) is 16.7 Å². The van der Waals surface area contributed by atoms with E-state index in [9.17, 15) is 4.79 Å². The number of nitrogens with zero attached hydrogens (tertiary/aromatic N) is 1. The summed E-state index contributed by atoms with van der Waals surface area (Å²) in [5.74, 6) is 1.91. The van der Waals surface area contributed by atoms with E-state index < -0.39 is 5.76 Å². The highest BCUT2D eigenvalue weighted by molar-refractivity contribution is 5.73. The molecule has 4 heteroatoms. The standard InChI is InChI=1S/C11H9NO3/c1-2-5-12-9-4-3-8(7-13)6-10(9)15-11(12)14/h1,3-4,6,13H,5,7H2. The summed E-state index contributed by atoms with van der Waals surface area (Å²) in [6, 6.07) is 5.07. The third-order valence-corrected chi connectivity index (χ3v) is 2.16. The third kappa shape index (κ3) is 1.53. The molecular formula is C11H9NO3. The van der Waals surface area contributed by atoms with E-state index in [1.165, 1.54) is 4.57 Å². The van der Waals surface area contributed by atoms with E-state index >= 15 is 0 Å². The van der Waals surface area contributed by atoms with Crippen molar-refractivity contribution in [2.24, 2.45) is 0 Å². The second-order valence-electron chi connectivity index (χ2n) is 3.12. The molecule has 0 saturated heterocycles. The Balaban J connectivity index is 2.69. The lowest BCUT2D eigenvalue weighted by molar-refractivity contribution is 0.282. The number of hydrogen-bond acceptors (Lipinski definition) is 3. The van der Waals surface area contributed by atoms with Crippen molar-refractivity contribution in [3.8, 4) is 12.3 Å².